The summed E-state index contributed by atoms with van der Waals surface area (Å²) in [5.41, 5.74) is 2.86. The minimum absolute atomic E-state index is 0.0441. The molecule has 0 aliphatic rings. The van der Waals surface area contributed by atoms with Gasteiger partial charge in [-0.25, -0.2) is 4.98 Å². The minimum Gasteiger partial charge on any atom is -0.356 e. The fourth-order valence-electron chi connectivity index (χ4n) is 2.00. The third-order valence-electron chi connectivity index (χ3n) is 3.14. The summed E-state index contributed by atoms with van der Waals surface area (Å²) in [6.45, 7) is 7.40. The second-order valence-electron chi connectivity index (χ2n) is 5.36. The van der Waals surface area contributed by atoms with Crippen LogP contribution in [0.3, 0.4) is 0 Å². The summed E-state index contributed by atoms with van der Waals surface area (Å²) in [4.78, 5) is 19.3. The lowest BCUT2D eigenvalue weighted by molar-refractivity contribution is -0.121. The normalized spacial score (nSPS) is 11.2. The first-order chi connectivity index (χ1) is 9.49. The molecule has 6 heteroatoms. The summed E-state index contributed by atoms with van der Waals surface area (Å²) in [7, 11) is 0. The van der Waals surface area contributed by atoms with E-state index in [9.17, 15) is 4.79 Å². The van der Waals surface area contributed by atoms with Crippen molar-refractivity contribution in [2.75, 3.05) is 6.54 Å². The molecule has 1 amide bonds. The molecule has 0 fully saturated rings. The number of aromatic amines is 1. The fourth-order valence-corrected chi connectivity index (χ4v) is 2.28. The van der Waals surface area contributed by atoms with Gasteiger partial charge in [0.25, 0.3) is 0 Å². The second kappa shape index (κ2) is 6.17. The number of fused-ring (bicyclic) bond motifs is 1. The number of rotatable bonds is 5. The molecule has 0 saturated carbocycles. The number of H-pyrrole nitrogens is 1. The van der Waals surface area contributed by atoms with Crippen molar-refractivity contribution in [2.45, 2.75) is 33.7 Å². The molecule has 5 nitrogen and oxygen atoms in total. The van der Waals surface area contributed by atoms with Crippen molar-refractivity contribution in [3.05, 3.63) is 22.6 Å². The van der Waals surface area contributed by atoms with Crippen molar-refractivity contribution in [1.82, 2.24) is 19.9 Å². The standard InChI is InChI=1S/C14H20N4OS/c1-9(2)8-16-11(19)5-7-18-13-12(17-14(18)20)10(3)4-6-15-13/h4,6,9H,5,7-8H2,1-3H3,(H,16,19)(H,17,20). The summed E-state index contributed by atoms with van der Waals surface area (Å²) in [6, 6.07) is 1.94. The van der Waals surface area contributed by atoms with Crippen molar-refractivity contribution in [2.24, 2.45) is 5.92 Å². The summed E-state index contributed by atoms with van der Waals surface area (Å²) in [5, 5.41) is 2.91. The van der Waals surface area contributed by atoms with Gasteiger partial charge in [-0.3, -0.25) is 4.79 Å². The topological polar surface area (TPSA) is 62.7 Å². The van der Waals surface area contributed by atoms with Crippen LogP contribution in [-0.4, -0.2) is 27.0 Å². The van der Waals surface area contributed by atoms with E-state index in [0.717, 1.165) is 16.7 Å². The van der Waals surface area contributed by atoms with Crippen molar-refractivity contribution in [1.29, 1.82) is 0 Å². The fraction of sp³-hybridized carbons (Fsp3) is 0.500. The minimum atomic E-state index is 0.0441. The SMILES string of the molecule is Cc1ccnc2c1[nH]c(=S)n2CCC(=O)NCC(C)C. The molecule has 2 heterocycles. The molecule has 2 N–H and O–H groups in total. The van der Waals surface area contributed by atoms with E-state index in [1.165, 1.54) is 0 Å². The molecule has 0 atom stereocenters. The molecule has 0 bridgehead atoms. The Hall–Kier alpha value is -1.69. The Balaban J connectivity index is 2.11. The van der Waals surface area contributed by atoms with E-state index in [1.54, 1.807) is 6.20 Å². The van der Waals surface area contributed by atoms with Crippen molar-refractivity contribution in [3.8, 4) is 0 Å². The van der Waals surface area contributed by atoms with Gasteiger partial charge in [0.15, 0.2) is 10.4 Å². The number of nitrogens with zero attached hydrogens (tertiary/aromatic N) is 2. The molecule has 0 spiro atoms. The molecular weight excluding hydrogens is 272 g/mol. The van der Waals surface area contributed by atoms with Gasteiger partial charge in [0.2, 0.25) is 5.91 Å². The van der Waals surface area contributed by atoms with E-state index in [1.807, 2.05) is 17.6 Å². The molecule has 2 aromatic rings. The van der Waals surface area contributed by atoms with Gasteiger partial charge in [0.1, 0.15) is 0 Å². The van der Waals surface area contributed by atoms with Crippen LogP contribution >= 0.6 is 12.2 Å². The summed E-state index contributed by atoms with van der Waals surface area (Å²) in [5.74, 6) is 0.501. The van der Waals surface area contributed by atoms with Crippen LogP contribution in [0.4, 0.5) is 0 Å². The summed E-state index contributed by atoms with van der Waals surface area (Å²) >= 11 is 5.31. The van der Waals surface area contributed by atoms with Gasteiger partial charge in [-0.05, 0) is 36.7 Å². The second-order valence-corrected chi connectivity index (χ2v) is 5.74. The van der Waals surface area contributed by atoms with Crippen LogP contribution in [0.15, 0.2) is 12.3 Å². The molecule has 0 saturated heterocycles. The number of amides is 1. The molecule has 0 aromatic carbocycles. The number of nitrogens with one attached hydrogen (secondary N) is 2. The Morgan fingerprint density at radius 2 is 2.30 bits per heavy atom. The molecule has 0 aliphatic carbocycles. The maximum absolute atomic E-state index is 11.8. The number of imidazole rings is 1. The lowest BCUT2D eigenvalue weighted by Gasteiger charge is -2.08. The number of aryl methyl sites for hydroxylation is 2. The quantitative estimate of drug-likeness (QED) is 0.833. The number of hydrogen-bond donors (Lipinski definition) is 2. The number of carbonyl (C=O) groups is 1. The van der Waals surface area contributed by atoms with Crippen LogP contribution in [0, 0.1) is 17.6 Å². The first-order valence-corrected chi connectivity index (χ1v) is 7.20. The Morgan fingerprint density at radius 3 is 3.00 bits per heavy atom. The van der Waals surface area contributed by atoms with Crippen LogP contribution in [0.5, 0.6) is 0 Å². The molecule has 0 radical (unpaired) electrons. The lowest BCUT2D eigenvalue weighted by atomic mass is 10.2. The third kappa shape index (κ3) is 3.25. The van der Waals surface area contributed by atoms with Gasteiger partial charge in [-0.1, -0.05) is 13.8 Å². The number of aromatic nitrogens is 3. The van der Waals surface area contributed by atoms with Crippen LogP contribution in [-0.2, 0) is 11.3 Å². The van der Waals surface area contributed by atoms with Crippen LogP contribution in [0.25, 0.3) is 11.2 Å². The zero-order valence-corrected chi connectivity index (χ0v) is 12.9. The molecule has 0 unspecified atom stereocenters. The third-order valence-corrected chi connectivity index (χ3v) is 3.46. The summed E-state index contributed by atoms with van der Waals surface area (Å²) in [6.07, 6.45) is 2.17. The largest absolute Gasteiger partial charge is 0.356 e. The van der Waals surface area contributed by atoms with Crippen molar-refractivity contribution in [3.63, 3.8) is 0 Å². The van der Waals surface area contributed by atoms with Gasteiger partial charge in [-0.2, -0.15) is 0 Å². The maximum atomic E-state index is 11.8. The van der Waals surface area contributed by atoms with Gasteiger partial charge >= 0.3 is 0 Å². The lowest BCUT2D eigenvalue weighted by Crippen LogP contribution is -2.28. The van der Waals surface area contributed by atoms with E-state index in [4.69, 9.17) is 12.2 Å². The predicted molar refractivity (Wildman–Crippen MR) is 82.1 cm³/mol. The zero-order chi connectivity index (χ0) is 14.7. The highest BCUT2D eigenvalue weighted by Gasteiger charge is 2.09. The van der Waals surface area contributed by atoms with Crippen molar-refractivity contribution < 1.29 is 4.79 Å². The first kappa shape index (κ1) is 14.7. The molecule has 2 rings (SSSR count). The highest BCUT2D eigenvalue weighted by atomic mass is 32.1. The molecule has 0 aliphatic heterocycles. The van der Waals surface area contributed by atoms with Gasteiger partial charge in [0, 0.05) is 25.7 Å². The van der Waals surface area contributed by atoms with Crippen molar-refractivity contribution >= 4 is 29.3 Å². The van der Waals surface area contributed by atoms with E-state index in [-0.39, 0.29) is 5.91 Å². The molecule has 2 aromatic heterocycles. The Labute approximate surface area is 123 Å². The molecule has 108 valence electrons. The monoisotopic (exact) mass is 292 g/mol. The van der Waals surface area contributed by atoms with Gasteiger partial charge in [0.05, 0.1) is 5.52 Å². The Kier molecular flexibility index (Phi) is 4.54. The maximum Gasteiger partial charge on any atom is 0.221 e. The number of hydrogen-bond acceptors (Lipinski definition) is 3. The number of pyridine rings is 1. The van der Waals surface area contributed by atoms with E-state index in [0.29, 0.717) is 30.2 Å². The van der Waals surface area contributed by atoms with Crippen LogP contribution in [0.2, 0.25) is 0 Å². The predicted octanol–water partition coefficient (Wildman–Crippen LogP) is 2.56. The van der Waals surface area contributed by atoms with E-state index < -0.39 is 0 Å². The van der Waals surface area contributed by atoms with E-state index >= 15 is 0 Å². The summed E-state index contributed by atoms with van der Waals surface area (Å²) < 4.78 is 2.49. The highest BCUT2D eigenvalue weighted by molar-refractivity contribution is 7.71. The van der Waals surface area contributed by atoms with E-state index in [2.05, 4.69) is 29.1 Å². The zero-order valence-electron chi connectivity index (χ0n) is 12.1. The average Bonchev–Trinajstić information content (AvgIpc) is 2.71. The first-order valence-electron chi connectivity index (χ1n) is 6.80. The molecular formula is C14H20N4OS. The average molecular weight is 292 g/mol. The number of carbonyl (C=O) groups excluding carboxylic acids is 1. The Bertz CT molecular complexity index is 671. The smallest absolute Gasteiger partial charge is 0.221 e. The van der Waals surface area contributed by atoms with Crippen LogP contribution in [0.1, 0.15) is 25.8 Å². The van der Waals surface area contributed by atoms with Gasteiger partial charge < -0.3 is 14.9 Å². The van der Waals surface area contributed by atoms with Gasteiger partial charge in [-0.15, -0.1) is 0 Å². The Morgan fingerprint density at radius 1 is 1.55 bits per heavy atom. The van der Waals surface area contributed by atoms with Crippen LogP contribution < -0.4 is 5.32 Å². The molecule has 20 heavy (non-hydrogen) atoms. The highest BCUT2D eigenvalue weighted by Crippen LogP contribution is 2.15.